The second-order valence-electron chi connectivity index (χ2n) is 6.72. The van der Waals surface area contributed by atoms with Gasteiger partial charge in [-0.25, -0.2) is 17.9 Å². The van der Waals surface area contributed by atoms with Gasteiger partial charge in [0.2, 0.25) is 10.0 Å². The average molecular weight is 390 g/mol. The normalized spacial score (nSPS) is 11.3. The molecule has 2 rings (SSSR count). The summed E-state index contributed by atoms with van der Waals surface area (Å²) >= 11 is 0. The Kier molecular flexibility index (Phi) is 6.98. The summed E-state index contributed by atoms with van der Waals surface area (Å²) in [5, 5.41) is 2.89. The summed E-state index contributed by atoms with van der Waals surface area (Å²) in [5.41, 5.74) is 5.10. The fraction of sp³-hybridized carbons (Fsp3) is 0.350. The van der Waals surface area contributed by atoms with E-state index in [9.17, 15) is 13.2 Å². The lowest BCUT2D eigenvalue weighted by molar-refractivity contribution is 0.206. The summed E-state index contributed by atoms with van der Waals surface area (Å²) in [6.07, 6.45) is 0. The fourth-order valence-electron chi connectivity index (χ4n) is 2.71. The lowest BCUT2D eigenvalue weighted by Gasteiger charge is -2.19. The van der Waals surface area contributed by atoms with Gasteiger partial charge in [-0.15, -0.1) is 0 Å². The highest BCUT2D eigenvalue weighted by Gasteiger charge is 2.11. The molecule has 0 aliphatic heterocycles. The Morgan fingerprint density at radius 1 is 1.04 bits per heavy atom. The molecule has 0 atom stereocenters. The first-order valence-electron chi connectivity index (χ1n) is 8.74. The zero-order valence-electron chi connectivity index (χ0n) is 16.2. The molecule has 0 aliphatic rings. The third-order valence-corrected chi connectivity index (χ3v) is 5.72. The molecule has 0 saturated carbocycles. The van der Waals surface area contributed by atoms with Gasteiger partial charge in [0, 0.05) is 20.1 Å². The van der Waals surface area contributed by atoms with Crippen LogP contribution in [-0.2, 0) is 28.9 Å². The van der Waals surface area contributed by atoms with Crippen molar-refractivity contribution in [1.29, 1.82) is 0 Å². The number of sulfonamides is 1. The summed E-state index contributed by atoms with van der Waals surface area (Å²) in [5.74, 6) is -0.0607. The maximum Gasteiger partial charge on any atom is 0.317 e. The maximum absolute atomic E-state index is 12.3. The Bertz CT molecular complexity index is 893. The van der Waals surface area contributed by atoms with E-state index in [-0.39, 0.29) is 11.8 Å². The van der Waals surface area contributed by atoms with Crippen molar-refractivity contribution in [3.05, 3.63) is 70.3 Å². The molecule has 0 aliphatic carbocycles. The molecule has 2 aromatic rings. The van der Waals surface area contributed by atoms with E-state index in [1.54, 1.807) is 24.1 Å². The lowest BCUT2D eigenvalue weighted by atomic mass is 10.1. The molecule has 146 valence electrons. The van der Waals surface area contributed by atoms with E-state index in [0.717, 1.165) is 11.1 Å². The molecule has 0 unspecified atom stereocenters. The molecular formula is C20H27N3O3S. The van der Waals surface area contributed by atoms with E-state index in [1.165, 1.54) is 18.2 Å². The highest BCUT2D eigenvalue weighted by Crippen LogP contribution is 2.13. The van der Waals surface area contributed by atoms with Crippen LogP contribution < -0.4 is 10.0 Å². The van der Waals surface area contributed by atoms with Gasteiger partial charge in [0.15, 0.2) is 0 Å². The van der Waals surface area contributed by atoms with Gasteiger partial charge in [0.05, 0.1) is 5.75 Å². The maximum atomic E-state index is 12.3. The van der Waals surface area contributed by atoms with E-state index >= 15 is 0 Å². The van der Waals surface area contributed by atoms with E-state index in [0.29, 0.717) is 18.7 Å². The van der Waals surface area contributed by atoms with Crippen molar-refractivity contribution < 1.29 is 13.2 Å². The molecule has 27 heavy (non-hydrogen) atoms. The van der Waals surface area contributed by atoms with Crippen molar-refractivity contribution in [1.82, 2.24) is 14.9 Å². The minimum Gasteiger partial charge on any atom is -0.334 e. The number of carbonyl (C=O) groups is 1. The fourth-order valence-corrected chi connectivity index (χ4v) is 3.48. The molecule has 0 saturated heterocycles. The van der Waals surface area contributed by atoms with E-state index < -0.39 is 10.0 Å². The molecule has 2 N–H and O–H groups in total. The summed E-state index contributed by atoms with van der Waals surface area (Å²) in [6.45, 7) is 5.02. The average Bonchev–Trinajstić information content (AvgIpc) is 2.63. The molecule has 6 nitrogen and oxygen atoms in total. The molecule has 0 radical (unpaired) electrons. The summed E-state index contributed by atoms with van der Waals surface area (Å²) in [6, 6.07) is 13.2. The number of rotatable bonds is 7. The molecule has 0 heterocycles. The van der Waals surface area contributed by atoms with Crippen LogP contribution in [0.4, 0.5) is 4.79 Å². The number of nitrogens with one attached hydrogen (secondary N) is 2. The van der Waals surface area contributed by atoms with Crippen molar-refractivity contribution >= 4 is 16.1 Å². The Balaban J connectivity index is 1.89. The number of carbonyl (C=O) groups excluding carboxylic acids is 1. The van der Waals surface area contributed by atoms with Crippen molar-refractivity contribution in [3.63, 3.8) is 0 Å². The minimum absolute atomic E-state index is 0.0607. The van der Waals surface area contributed by atoms with Gasteiger partial charge in [-0.1, -0.05) is 48.0 Å². The Morgan fingerprint density at radius 3 is 2.26 bits per heavy atom. The van der Waals surface area contributed by atoms with Crippen LogP contribution in [0.2, 0.25) is 0 Å². The summed E-state index contributed by atoms with van der Waals surface area (Å²) < 4.78 is 25.4. The number of urea groups is 1. The first kappa shape index (κ1) is 20.9. The summed E-state index contributed by atoms with van der Waals surface area (Å²) in [7, 11) is -0.124. The third-order valence-electron chi connectivity index (χ3n) is 4.39. The van der Waals surface area contributed by atoms with Crippen LogP contribution >= 0.6 is 0 Å². The Morgan fingerprint density at radius 2 is 1.67 bits per heavy atom. The number of hydrogen-bond donors (Lipinski definition) is 2. The number of hydrogen-bond acceptors (Lipinski definition) is 3. The van der Waals surface area contributed by atoms with Crippen molar-refractivity contribution in [2.75, 3.05) is 14.1 Å². The largest absolute Gasteiger partial charge is 0.334 e. The van der Waals surface area contributed by atoms with Gasteiger partial charge in [-0.2, -0.15) is 0 Å². The van der Waals surface area contributed by atoms with Crippen LogP contribution in [0, 0.1) is 13.8 Å². The zero-order chi connectivity index (χ0) is 20.0. The molecular weight excluding hydrogens is 362 g/mol. The Hall–Kier alpha value is -2.38. The van der Waals surface area contributed by atoms with Crippen LogP contribution in [0.3, 0.4) is 0 Å². The predicted octanol–water partition coefficient (Wildman–Crippen LogP) is 2.69. The second kappa shape index (κ2) is 9.01. The first-order valence-corrected chi connectivity index (χ1v) is 10.4. The predicted molar refractivity (Wildman–Crippen MR) is 108 cm³/mol. The lowest BCUT2D eigenvalue weighted by Crippen LogP contribution is -2.36. The van der Waals surface area contributed by atoms with E-state index in [4.69, 9.17) is 0 Å². The number of benzene rings is 2. The van der Waals surface area contributed by atoms with Crippen LogP contribution in [0.15, 0.2) is 42.5 Å². The van der Waals surface area contributed by atoms with Crippen LogP contribution in [0.5, 0.6) is 0 Å². The standard InChI is InChI=1S/C20H27N3O3S/c1-15-5-10-19(16(2)11-15)13-23(4)20(24)22-12-17-6-8-18(9-7-17)14-27(25,26)21-3/h5-11,21H,12-14H2,1-4H3,(H,22,24). The molecule has 2 amide bonds. The topological polar surface area (TPSA) is 78.5 Å². The molecule has 0 spiro atoms. The highest BCUT2D eigenvalue weighted by atomic mass is 32.2. The molecule has 7 heteroatoms. The molecule has 2 aromatic carbocycles. The number of nitrogens with zero attached hydrogens (tertiary/aromatic N) is 1. The Labute approximate surface area is 161 Å². The quantitative estimate of drug-likeness (QED) is 0.764. The summed E-state index contributed by atoms with van der Waals surface area (Å²) in [4.78, 5) is 14.0. The van der Waals surface area contributed by atoms with E-state index in [1.807, 2.05) is 38.1 Å². The van der Waals surface area contributed by atoms with Gasteiger partial charge in [-0.05, 0) is 43.1 Å². The van der Waals surface area contributed by atoms with Crippen LogP contribution in [0.25, 0.3) is 0 Å². The number of amides is 2. The van der Waals surface area contributed by atoms with Crippen molar-refractivity contribution in [2.45, 2.75) is 32.7 Å². The van der Waals surface area contributed by atoms with Gasteiger partial charge in [-0.3, -0.25) is 0 Å². The molecule has 0 aromatic heterocycles. The molecule has 0 bridgehead atoms. The van der Waals surface area contributed by atoms with Gasteiger partial charge < -0.3 is 10.2 Å². The van der Waals surface area contributed by atoms with Gasteiger partial charge >= 0.3 is 6.03 Å². The molecule has 0 fully saturated rings. The van der Waals surface area contributed by atoms with Gasteiger partial charge in [0.25, 0.3) is 0 Å². The zero-order valence-corrected chi connectivity index (χ0v) is 17.1. The van der Waals surface area contributed by atoms with Crippen molar-refractivity contribution in [3.8, 4) is 0 Å². The van der Waals surface area contributed by atoms with Gasteiger partial charge in [0.1, 0.15) is 0 Å². The second-order valence-corrected chi connectivity index (χ2v) is 8.65. The third kappa shape index (κ3) is 6.37. The smallest absolute Gasteiger partial charge is 0.317 e. The number of aryl methyl sites for hydroxylation is 2. The minimum atomic E-state index is -3.28. The van der Waals surface area contributed by atoms with Crippen LogP contribution in [0.1, 0.15) is 27.8 Å². The highest BCUT2D eigenvalue weighted by molar-refractivity contribution is 7.88. The monoisotopic (exact) mass is 389 g/mol. The SMILES string of the molecule is CNS(=O)(=O)Cc1ccc(CNC(=O)N(C)Cc2ccc(C)cc2C)cc1. The van der Waals surface area contributed by atoms with Crippen LogP contribution in [-0.4, -0.2) is 33.4 Å². The first-order chi connectivity index (χ1) is 12.7. The van der Waals surface area contributed by atoms with E-state index in [2.05, 4.69) is 16.1 Å². The van der Waals surface area contributed by atoms with Crippen molar-refractivity contribution in [2.24, 2.45) is 0 Å².